The predicted molar refractivity (Wildman–Crippen MR) is 105 cm³/mol. The highest BCUT2D eigenvalue weighted by molar-refractivity contribution is 5.87. The summed E-state index contributed by atoms with van der Waals surface area (Å²) in [6.07, 6.45) is 0.281. The van der Waals surface area contributed by atoms with E-state index in [2.05, 4.69) is 29.6 Å². The Morgan fingerprint density at radius 3 is 2.22 bits per heavy atom. The lowest BCUT2D eigenvalue weighted by atomic mass is 9.98. The topological polar surface area (TPSA) is 55.4 Å². The summed E-state index contributed by atoms with van der Waals surface area (Å²) in [6, 6.07) is 21.6. The van der Waals surface area contributed by atoms with Crippen molar-refractivity contribution in [3.05, 3.63) is 89.0 Å². The van der Waals surface area contributed by atoms with Gasteiger partial charge in [-0.1, -0.05) is 48.5 Å². The van der Waals surface area contributed by atoms with Gasteiger partial charge < -0.3 is 4.74 Å². The molecule has 4 heteroatoms. The molecule has 0 radical (unpaired) electrons. The third kappa shape index (κ3) is 3.22. The number of nitrogens with one attached hydrogen (secondary N) is 1. The molecule has 4 nitrogen and oxygen atoms in total. The molecule has 3 aromatic rings. The number of fused-ring (bicyclic) bond motifs is 3. The number of hydrogen-bond donors (Lipinski definition) is 1. The smallest absolute Gasteiger partial charge is 0.411 e. The van der Waals surface area contributed by atoms with E-state index in [9.17, 15) is 9.59 Å². The minimum atomic E-state index is -0.501. The van der Waals surface area contributed by atoms with Gasteiger partial charge in [-0.15, -0.1) is 0 Å². The maximum atomic E-state index is 12.3. The fourth-order valence-corrected chi connectivity index (χ4v) is 3.64. The van der Waals surface area contributed by atoms with Crippen LogP contribution in [0.25, 0.3) is 11.1 Å². The van der Waals surface area contributed by atoms with Crippen LogP contribution in [0.5, 0.6) is 0 Å². The molecule has 0 unspecified atom stereocenters. The maximum Gasteiger partial charge on any atom is 0.411 e. The van der Waals surface area contributed by atoms with Gasteiger partial charge in [-0.05, 0) is 52.9 Å². The van der Waals surface area contributed by atoms with Crippen molar-refractivity contribution in [2.24, 2.45) is 0 Å². The van der Waals surface area contributed by atoms with Crippen LogP contribution in [0.3, 0.4) is 0 Å². The van der Waals surface area contributed by atoms with Crippen LogP contribution in [0, 0.1) is 6.92 Å². The lowest BCUT2D eigenvalue weighted by Gasteiger charge is -2.15. The van der Waals surface area contributed by atoms with Gasteiger partial charge >= 0.3 is 6.09 Å². The van der Waals surface area contributed by atoms with E-state index in [0.29, 0.717) is 11.3 Å². The average molecular weight is 357 g/mol. The zero-order chi connectivity index (χ0) is 18.8. The first-order valence-electron chi connectivity index (χ1n) is 8.85. The summed E-state index contributed by atoms with van der Waals surface area (Å²) in [7, 11) is 0. The lowest BCUT2D eigenvalue weighted by Crippen LogP contribution is -2.18. The van der Waals surface area contributed by atoms with Crippen molar-refractivity contribution in [1.82, 2.24) is 0 Å². The van der Waals surface area contributed by atoms with E-state index in [-0.39, 0.29) is 12.5 Å². The van der Waals surface area contributed by atoms with Crippen molar-refractivity contribution < 1.29 is 14.3 Å². The third-order valence-electron chi connectivity index (χ3n) is 4.97. The van der Waals surface area contributed by atoms with Crippen LogP contribution in [0.4, 0.5) is 10.5 Å². The van der Waals surface area contributed by atoms with E-state index in [1.807, 2.05) is 31.2 Å². The molecule has 0 bridgehead atoms. The Labute approximate surface area is 157 Å². The maximum absolute atomic E-state index is 12.3. The number of rotatable bonds is 4. The number of aldehydes is 1. The van der Waals surface area contributed by atoms with Gasteiger partial charge in [0.25, 0.3) is 0 Å². The molecule has 1 aliphatic rings. The molecule has 1 aliphatic carbocycles. The number of aryl methyl sites for hydroxylation is 1. The van der Waals surface area contributed by atoms with E-state index in [0.717, 1.165) is 11.8 Å². The number of anilines is 1. The van der Waals surface area contributed by atoms with Crippen LogP contribution in [0.2, 0.25) is 0 Å². The van der Waals surface area contributed by atoms with Gasteiger partial charge in [-0.2, -0.15) is 0 Å². The van der Waals surface area contributed by atoms with Gasteiger partial charge in [0.2, 0.25) is 0 Å². The summed E-state index contributed by atoms with van der Waals surface area (Å²) in [6.45, 7) is 2.11. The quantitative estimate of drug-likeness (QED) is 0.656. The Bertz CT molecular complexity index is 980. The summed E-state index contributed by atoms with van der Waals surface area (Å²) >= 11 is 0. The standard InChI is InChI=1S/C23H19NO3/c1-15-12-16(13-25)10-11-22(15)24-23(26)27-14-21-19-8-4-2-6-17(19)18-7-3-5-9-20(18)21/h2-13,21H,14H2,1H3,(H,24,26). The van der Waals surface area contributed by atoms with Crippen molar-refractivity contribution in [2.45, 2.75) is 12.8 Å². The first kappa shape index (κ1) is 17.0. The molecule has 0 saturated heterocycles. The molecular weight excluding hydrogens is 338 g/mol. The molecule has 0 saturated carbocycles. The molecule has 0 aromatic heterocycles. The Hall–Kier alpha value is -3.40. The number of carbonyl (C=O) groups excluding carboxylic acids is 2. The number of amides is 1. The Morgan fingerprint density at radius 1 is 1.00 bits per heavy atom. The minimum absolute atomic E-state index is 0.0293. The molecule has 1 N–H and O–H groups in total. The van der Waals surface area contributed by atoms with Crippen molar-refractivity contribution in [1.29, 1.82) is 0 Å². The summed E-state index contributed by atoms with van der Waals surface area (Å²) < 4.78 is 5.54. The second-order valence-corrected chi connectivity index (χ2v) is 6.64. The molecule has 1 amide bonds. The first-order chi connectivity index (χ1) is 13.2. The van der Waals surface area contributed by atoms with E-state index in [1.54, 1.807) is 18.2 Å². The van der Waals surface area contributed by atoms with Crippen LogP contribution in [-0.4, -0.2) is 19.0 Å². The normalized spacial score (nSPS) is 12.2. The molecular formula is C23H19NO3. The first-order valence-corrected chi connectivity index (χ1v) is 8.85. The zero-order valence-corrected chi connectivity index (χ0v) is 14.9. The van der Waals surface area contributed by atoms with Crippen LogP contribution >= 0.6 is 0 Å². The summed E-state index contributed by atoms with van der Waals surface area (Å²) in [4.78, 5) is 23.1. The van der Waals surface area contributed by atoms with E-state index in [1.165, 1.54) is 22.3 Å². The number of hydrogen-bond acceptors (Lipinski definition) is 3. The monoisotopic (exact) mass is 357 g/mol. The molecule has 0 fully saturated rings. The van der Waals surface area contributed by atoms with Crippen molar-refractivity contribution in [3.63, 3.8) is 0 Å². The van der Waals surface area contributed by atoms with E-state index in [4.69, 9.17) is 4.74 Å². The summed E-state index contributed by atoms with van der Waals surface area (Å²) in [5.41, 5.74) is 6.78. The summed E-state index contributed by atoms with van der Waals surface area (Å²) in [5.74, 6) is 0.0293. The Morgan fingerprint density at radius 2 is 1.63 bits per heavy atom. The van der Waals surface area contributed by atoms with Gasteiger partial charge in [0, 0.05) is 17.2 Å². The Balaban J connectivity index is 1.49. The molecule has 0 spiro atoms. The van der Waals surface area contributed by atoms with Crippen LogP contribution in [0.15, 0.2) is 66.7 Å². The second kappa shape index (κ2) is 7.08. The number of benzene rings is 3. The molecule has 27 heavy (non-hydrogen) atoms. The van der Waals surface area contributed by atoms with Crippen molar-refractivity contribution in [2.75, 3.05) is 11.9 Å². The molecule has 134 valence electrons. The van der Waals surface area contributed by atoms with E-state index < -0.39 is 6.09 Å². The highest BCUT2D eigenvalue weighted by atomic mass is 16.5. The highest BCUT2D eigenvalue weighted by Gasteiger charge is 2.29. The average Bonchev–Trinajstić information content (AvgIpc) is 3.02. The number of carbonyl (C=O) groups is 2. The van der Waals surface area contributed by atoms with Crippen molar-refractivity contribution in [3.8, 4) is 11.1 Å². The zero-order valence-electron chi connectivity index (χ0n) is 14.9. The predicted octanol–water partition coefficient (Wildman–Crippen LogP) is 5.17. The molecule has 0 aliphatic heterocycles. The van der Waals surface area contributed by atoms with Gasteiger partial charge in [0.05, 0.1) is 0 Å². The lowest BCUT2D eigenvalue weighted by molar-refractivity contribution is 0.112. The third-order valence-corrected chi connectivity index (χ3v) is 4.97. The minimum Gasteiger partial charge on any atom is -0.448 e. The number of ether oxygens (including phenoxy) is 1. The molecule has 0 atom stereocenters. The SMILES string of the molecule is Cc1cc(C=O)ccc1NC(=O)OCC1c2ccccc2-c2ccccc21. The van der Waals surface area contributed by atoms with Crippen molar-refractivity contribution >= 4 is 18.1 Å². The largest absolute Gasteiger partial charge is 0.448 e. The molecule has 4 rings (SSSR count). The van der Waals surface area contributed by atoms with Crippen LogP contribution < -0.4 is 5.32 Å². The van der Waals surface area contributed by atoms with Gasteiger partial charge in [0.15, 0.2) is 0 Å². The van der Waals surface area contributed by atoms with Gasteiger partial charge in [-0.3, -0.25) is 10.1 Å². The van der Waals surface area contributed by atoms with E-state index >= 15 is 0 Å². The molecule has 0 heterocycles. The summed E-state index contributed by atoms with van der Waals surface area (Å²) in [5, 5.41) is 2.76. The van der Waals surface area contributed by atoms with Gasteiger partial charge in [0.1, 0.15) is 12.9 Å². The van der Waals surface area contributed by atoms with Gasteiger partial charge in [-0.25, -0.2) is 4.79 Å². The fourth-order valence-electron chi connectivity index (χ4n) is 3.64. The highest BCUT2D eigenvalue weighted by Crippen LogP contribution is 2.44. The molecule has 3 aromatic carbocycles. The second-order valence-electron chi connectivity index (χ2n) is 6.64. The van der Waals surface area contributed by atoms with Crippen LogP contribution in [-0.2, 0) is 4.74 Å². The Kier molecular flexibility index (Phi) is 4.47. The fraction of sp³-hybridized carbons (Fsp3) is 0.130. The van der Waals surface area contributed by atoms with Crippen LogP contribution in [0.1, 0.15) is 33.0 Å².